The largest absolute Gasteiger partial charge is 0.497 e. The molecule has 1 aliphatic rings. The number of benzene rings is 2. The van der Waals surface area contributed by atoms with E-state index in [4.69, 9.17) is 21.1 Å². The number of hydrogen-bond donors (Lipinski definition) is 0. The van der Waals surface area contributed by atoms with Gasteiger partial charge in [-0.25, -0.2) is 4.39 Å². The second-order valence-electron chi connectivity index (χ2n) is 7.12. The summed E-state index contributed by atoms with van der Waals surface area (Å²) in [4.78, 5) is 15.0. The van der Waals surface area contributed by atoms with E-state index in [9.17, 15) is 9.18 Å². The van der Waals surface area contributed by atoms with Crippen molar-refractivity contribution in [3.05, 3.63) is 58.9 Å². The molecule has 1 aliphatic heterocycles. The number of methoxy groups -OCH3 is 1. The first-order valence-electron chi connectivity index (χ1n) is 8.91. The average molecular weight is 392 g/mol. The van der Waals surface area contributed by atoms with Gasteiger partial charge in [-0.15, -0.1) is 0 Å². The van der Waals surface area contributed by atoms with E-state index in [0.717, 1.165) is 24.2 Å². The summed E-state index contributed by atoms with van der Waals surface area (Å²) in [6, 6.07) is 11.9. The highest BCUT2D eigenvalue weighted by atomic mass is 35.5. The monoisotopic (exact) mass is 391 g/mol. The number of halogens is 2. The standard InChI is InChI=1S/C21H23ClFNO3/c1-21(2,27-19-11-8-15(22)13-17(19)23)20(25)24-12-4-5-18(24)14-6-9-16(26-3)10-7-14/h6-11,13,18H,4-5,12H2,1-3H3. The van der Waals surface area contributed by atoms with Crippen LogP contribution in [0.15, 0.2) is 42.5 Å². The molecular weight excluding hydrogens is 369 g/mol. The van der Waals surface area contributed by atoms with E-state index in [-0.39, 0.29) is 22.7 Å². The van der Waals surface area contributed by atoms with Crippen molar-refractivity contribution in [3.8, 4) is 11.5 Å². The highest BCUT2D eigenvalue weighted by Crippen LogP contribution is 2.35. The highest BCUT2D eigenvalue weighted by molar-refractivity contribution is 6.30. The van der Waals surface area contributed by atoms with E-state index in [0.29, 0.717) is 6.54 Å². The Labute approximate surface area is 163 Å². The van der Waals surface area contributed by atoms with E-state index < -0.39 is 11.4 Å². The van der Waals surface area contributed by atoms with Crippen LogP contribution >= 0.6 is 11.6 Å². The lowest BCUT2D eigenvalue weighted by molar-refractivity contribution is -0.146. The van der Waals surface area contributed by atoms with Crippen molar-refractivity contribution in [2.24, 2.45) is 0 Å². The summed E-state index contributed by atoms with van der Waals surface area (Å²) in [7, 11) is 1.62. The first kappa shape index (κ1) is 19.5. The zero-order chi connectivity index (χ0) is 19.6. The highest BCUT2D eigenvalue weighted by Gasteiger charge is 2.40. The molecule has 1 fully saturated rings. The molecule has 1 heterocycles. The first-order chi connectivity index (χ1) is 12.8. The molecule has 1 unspecified atom stereocenters. The van der Waals surface area contributed by atoms with Crippen molar-refractivity contribution in [2.75, 3.05) is 13.7 Å². The fourth-order valence-corrected chi connectivity index (χ4v) is 3.56. The third-order valence-corrected chi connectivity index (χ3v) is 5.02. The second kappa shape index (κ2) is 7.77. The molecule has 0 aromatic heterocycles. The van der Waals surface area contributed by atoms with Crippen LogP contribution in [0, 0.1) is 5.82 Å². The summed E-state index contributed by atoms with van der Waals surface area (Å²) in [6.45, 7) is 3.96. The van der Waals surface area contributed by atoms with Gasteiger partial charge in [0.2, 0.25) is 0 Å². The first-order valence-corrected chi connectivity index (χ1v) is 9.29. The Morgan fingerprint density at radius 2 is 1.93 bits per heavy atom. The lowest BCUT2D eigenvalue weighted by Gasteiger charge is -2.33. The van der Waals surface area contributed by atoms with E-state index in [1.54, 1.807) is 21.0 Å². The van der Waals surface area contributed by atoms with Crippen molar-refractivity contribution in [2.45, 2.75) is 38.3 Å². The molecular formula is C21H23ClFNO3. The summed E-state index contributed by atoms with van der Waals surface area (Å²) in [5.74, 6) is 0.0288. The summed E-state index contributed by atoms with van der Waals surface area (Å²) >= 11 is 5.78. The van der Waals surface area contributed by atoms with Crippen LogP contribution in [0.3, 0.4) is 0 Å². The second-order valence-corrected chi connectivity index (χ2v) is 7.55. The number of nitrogens with zero attached hydrogens (tertiary/aromatic N) is 1. The van der Waals surface area contributed by atoms with Crippen LogP contribution in [0.25, 0.3) is 0 Å². The van der Waals surface area contributed by atoms with Gasteiger partial charge in [-0.3, -0.25) is 4.79 Å². The zero-order valence-electron chi connectivity index (χ0n) is 15.7. The molecule has 27 heavy (non-hydrogen) atoms. The summed E-state index contributed by atoms with van der Waals surface area (Å²) in [5.41, 5.74) is -0.154. The van der Waals surface area contributed by atoms with Gasteiger partial charge < -0.3 is 14.4 Å². The normalized spacial score (nSPS) is 17.1. The van der Waals surface area contributed by atoms with Gasteiger partial charge in [0.1, 0.15) is 5.75 Å². The molecule has 6 heteroatoms. The minimum Gasteiger partial charge on any atom is -0.497 e. The van der Waals surface area contributed by atoms with Crippen molar-refractivity contribution >= 4 is 17.5 Å². The number of ether oxygens (including phenoxy) is 2. The average Bonchev–Trinajstić information content (AvgIpc) is 3.13. The van der Waals surface area contributed by atoms with Crippen molar-refractivity contribution in [1.29, 1.82) is 0 Å². The van der Waals surface area contributed by atoms with Crippen LogP contribution in [0.4, 0.5) is 4.39 Å². The van der Waals surface area contributed by atoms with Gasteiger partial charge in [-0.05, 0) is 62.6 Å². The molecule has 0 aliphatic carbocycles. The predicted molar refractivity (Wildman–Crippen MR) is 103 cm³/mol. The predicted octanol–water partition coefficient (Wildman–Crippen LogP) is 5.01. The molecule has 144 valence electrons. The maximum absolute atomic E-state index is 14.1. The van der Waals surface area contributed by atoms with Crippen molar-refractivity contribution in [1.82, 2.24) is 4.90 Å². The Morgan fingerprint density at radius 3 is 2.56 bits per heavy atom. The summed E-state index contributed by atoms with van der Waals surface area (Å²) in [6.07, 6.45) is 1.79. The number of amides is 1. The summed E-state index contributed by atoms with van der Waals surface area (Å²) in [5, 5.41) is 0.281. The number of hydrogen-bond acceptors (Lipinski definition) is 3. The molecule has 0 saturated carbocycles. The molecule has 0 bridgehead atoms. The molecule has 1 saturated heterocycles. The van der Waals surface area contributed by atoms with Gasteiger partial charge in [0.25, 0.3) is 5.91 Å². The van der Waals surface area contributed by atoms with Crippen LogP contribution < -0.4 is 9.47 Å². The van der Waals surface area contributed by atoms with Crippen LogP contribution in [0.5, 0.6) is 11.5 Å². The van der Waals surface area contributed by atoms with Crippen LogP contribution in [0.1, 0.15) is 38.3 Å². The molecule has 3 rings (SSSR count). The number of carbonyl (C=O) groups excluding carboxylic acids is 1. The number of likely N-dealkylation sites (tertiary alicyclic amines) is 1. The lowest BCUT2D eigenvalue weighted by atomic mass is 10.0. The Morgan fingerprint density at radius 1 is 1.22 bits per heavy atom. The van der Waals surface area contributed by atoms with Crippen LogP contribution in [-0.4, -0.2) is 30.1 Å². The Kier molecular flexibility index (Phi) is 5.61. The molecule has 1 atom stereocenters. The minimum atomic E-state index is -1.20. The topological polar surface area (TPSA) is 38.8 Å². The van der Waals surface area contributed by atoms with E-state index >= 15 is 0 Å². The third kappa shape index (κ3) is 4.19. The van der Waals surface area contributed by atoms with Gasteiger partial charge >= 0.3 is 0 Å². The Balaban J connectivity index is 1.79. The zero-order valence-corrected chi connectivity index (χ0v) is 16.4. The fourth-order valence-electron chi connectivity index (χ4n) is 3.40. The van der Waals surface area contributed by atoms with E-state index in [1.807, 2.05) is 29.2 Å². The lowest BCUT2D eigenvalue weighted by Crippen LogP contribution is -2.48. The van der Waals surface area contributed by atoms with Crippen LogP contribution in [-0.2, 0) is 4.79 Å². The third-order valence-electron chi connectivity index (χ3n) is 4.79. The van der Waals surface area contributed by atoms with E-state index in [2.05, 4.69) is 0 Å². The van der Waals surface area contributed by atoms with Gasteiger partial charge in [0.15, 0.2) is 17.2 Å². The molecule has 4 nitrogen and oxygen atoms in total. The molecule has 1 amide bonds. The van der Waals surface area contributed by atoms with Gasteiger partial charge in [-0.1, -0.05) is 23.7 Å². The molecule has 0 spiro atoms. The fraction of sp³-hybridized carbons (Fsp3) is 0.381. The molecule has 2 aromatic carbocycles. The molecule has 0 radical (unpaired) electrons. The van der Waals surface area contributed by atoms with Gasteiger partial charge in [0, 0.05) is 11.6 Å². The molecule has 2 aromatic rings. The smallest absolute Gasteiger partial charge is 0.266 e. The molecule has 0 N–H and O–H groups in total. The van der Waals surface area contributed by atoms with Crippen molar-refractivity contribution in [3.63, 3.8) is 0 Å². The van der Waals surface area contributed by atoms with Gasteiger partial charge in [-0.2, -0.15) is 0 Å². The van der Waals surface area contributed by atoms with Crippen molar-refractivity contribution < 1.29 is 18.7 Å². The van der Waals surface area contributed by atoms with Gasteiger partial charge in [0.05, 0.1) is 13.2 Å². The maximum atomic E-state index is 14.1. The maximum Gasteiger partial charge on any atom is 0.266 e. The minimum absolute atomic E-state index is 0.0120. The Hall–Kier alpha value is -2.27. The number of rotatable bonds is 5. The van der Waals surface area contributed by atoms with E-state index in [1.165, 1.54) is 18.2 Å². The summed E-state index contributed by atoms with van der Waals surface area (Å²) < 4.78 is 25.0. The number of carbonyl (C=O) groups is 1. The Bertz CT molecular complexity index is 823. The SMILES string of the molecule is COc1ccc(C2CCCN2C(=O)C(C)(C)Oc2ccc(Cl)cc2F)cc1. The quantitative estimate of drug-likeness (QED) is 0.719. The van der Waals surface area contributed by atoms with Crippen LogP contribution in [0.2, 0.25) is 5.02 Å².